The van der Waals surface area contributed by atoms with Crippen LogP contribution in [-0.4, -0.2) is 17.5 Å². The normalized spacial score (nSPS) is 10.6. The molecular weight excluding hydrogens is 380 g/mol. The standard InChI is InChI=1S/C20H25BrN2O2/c1-6-7-11-25-19-16(14(4)22-15(5)17(19)21)20(24)23-18-12(2)9-8-10-13(18)3/h8-10H,6-7,11H2,1-5H3,(H,23,24). The van der Waals surface area contributed by atoms with Gasteiger partial charge in [0.05, 0.1) is 22.5 Å². The van der Waals surface area contributed by atoms with Gasteiger partial charge in [-0.05, 0) is 61.2 Å². The van der Waals surface area contributed by atoms with Crippen LogP contribution >= 0.6 is 15.9 Å². The zero-order valence-corrected chi connectivity index (χ0v) is 17.1. The predicted molar refractivity (Wildman–Crippen MR) is 106 cm³/mol. The van der Waals surface area contributed by atoms with Crippen molar-refractivity contribution in [1.29, 1.82) is 0 Å². The minimum absolute atomic E-state index is 0.199. The van der Waals surface area contributed by atoms with Gasteiger partial charge in [-0.2, -0.15) is 0 Å². The summed E-state index contributed by atoms with van der Waals surface area (Å²) in [5, 5.41) is 3.03. The highest BCUT2D eigenvalue weighted by Crippen LogP contribution is 2.34. The SMILES string of the molecule is CCCCOc1c(Br)c(C)nc(C)c1C(=O)Nc1c(C)cccc1C. The summed E-state index contributed by atoms with van der Waals surface area (Å²) in [6.07, 6.45) is 1.97. The number of aromatic nitrogens is 1. The number of amides is 1. The fraction of sp³-hybridized carbons (Fsp3) is 0.400. The maximum atomic E-state index is 13.0. The Morgan fingerprint density at radius 3 is 2.40 bits per heavy atom. The van der Waals surface area contributed by atoms with E-state index in [4.69, 9.17) is 4.74 Å². The molecule has 1 aromatic carbocycles. The molecule has 0 radical (unpaired) electrons. The highest BCUT2D eigenvalue weighted by atomic mass is 79.9. The van der Waals surface area contributed by atoms with Gasteiger partial charge in [-0.25, -0.2) is 0 Å². The van der Waals surface area contributed by atoms with Gasteiger partial charge >= 0.3 is 0 Å². The Kier molecular flexibility index (Phi) is 6.59. The Bertz CT molecular complexity index is 768. The number of aryl methyl sites for hydroxylation is 4. The summed E-state index contributed by atoms with van der Waals surface area (Å²) in [5.41, 5.74) is 4.85. The van der Waals surface area contributed by atoms with E-state index >= 15 is 0 Å². The molecule has 1 amide bonds. The second-order valence-electron chi connectivity index (χ2n) is 6.22. The van der Waals surface area contributed by atoms with Gasteiger partial charge in [-0.15, -0.1) is 0 Å². The molecule has 2 aromatic rings. The van der Waals surface area contributed by atoms with Crippen LogP contribution in [0.4, 0.5) is 5.69 Å². The van der Waals surface area contributed by atoms with Gasteiger partial charge in [0, 0.05) is 5.69 Å². The maximum absolute atomic E-state index is 13.0. The zero-order chi connectivity index (χ0) is 18.6. The van der Waals surface area contributed by atoms with E-state index < -0.39 is 0 Å². The number of para-hydroxylation sites is 1. The van der Waals surface area contributed by atoms with Crippen molar-refractivity contribution in [3.05, 3.63) is 50.8 Å². The minimum Gasteiger partial charge on any atom is -0.491 e. The molecule has 25 heavy (non-hydrogen) atoms. The lowest BCUT2D eigenvalue weighted by Crippen LogP contribution is -2.18. The van der Waals surface area contributed by atoms with Crippen LogP contribution < -0.4 is 10.1 Å². The number of halogens is 1. The van der Waals surface area contributed by atoms with Crippen molar-refractivity contribution in [2.45, 2.75) is 47.5 Å². The van der Waals surface area contributed by atoms with Crippen molar-refractivity contribution in [2.24, 2.45) is 0 Å². The fourth-order valence-corrected chi connectivity index (χ4v) is 3.11. The highest BCUT2D eigenvalue weighted by molar-refractivity contribution is 9.10. The Morgan fingerprint density at radius 2 is 1.80 bits per heavy atom. The fourth-order valence-electron chi connectivity index (χ4n) is 2.70. The number of rotatable bonds is 6. The number of unbranched alkanes of at least 4 members (excludes halogenated alkanes) is 1. The molecule has 0 aliphatic heterocycles. The van der Waals surface area contributed by atoms with Crippen LogP contribution in [0.5, 0.6) is 5.75 Å². The Labute approximate surface area is 158 Å². The largest absolute Gasteiger partial charge is 0.491 e. The smallest absolute Gasteiger partial charge is 0.261 e. The number of nitrogens with one attached hydrogen (secondary N) is 1. The third kappa shape index (κ3) is 4.40. The summed E-state index contributed by atoms with van der Waals surface area (Å²) in [6, 6.07) is 5.95. The molecule has 1 aromatic heterocycles. The van der Waals surface area contributed by atoms with E-state index in [0.29, 0.717) is 23.6 Å². The summed E-state index contributed by atoms with van der Waals surface area (Å²) in [7, 11) is 0. The zero-order valence-electron chi connectivity index (χ0n) is 15.5. The molecule has 0 spiro atoms. The molecular formula is C20H25BrN2O2. The first-order valence-corrected chi connectivity index (χ1v) is 9.33. The van der Waals surface area contributed by atoms with E-state index in [1.807, 2.05) is 45.9 Å². The van der Waals surface area contributed by atoms with E-state index in [0.717, 1.165) is 39.8 Å². The van der Waals surface area contributed by atoms with Crippen molar-refractivity contribution < 1.29 is 9.53 Å². The van der Waals surface area contributed by atoms with Crippen molar-refractivity contribution in [1.82, 2.24) is 4.98 Å². The van der Waals surface area contributed by atoms with Crippen LogP contribution in [0.15, 0.2) is 22.7 Å². The molecule has 4 nitrogen and oxygen atoms in total. The number of pyridine rings is 1. The maximum Gasteiger partial charge on any atom is 0.261 e. The molecule has 0 fully saturated rings. The number of benzene rings is 1. The number of hydrogen-bond donors (Lipinski definition) is 1. The lowest BCUT2D eigenvalue weighted by Gasteiger charge is -2.18. The monoisotopic (exact) mass is 404 g/mol. The van der Waals surface area contributed by atoms with E-state index in [2.05, 4.69) is 33.2 Å². The first-order valence-electron chi connectivity index (χ1n) is 8.53. The van der Waals surface area contributed by atoms with Gasteiger partial charge in [0.25, 0.3) is 5.91 Å². The average molecular weight is 405 g/mol. The number of nitrogens with zero attached hydrogens (tertiary/aromatic N) is 1. The first-order chi connectivity index (χ1) is 11.9. The second kappa shape index (κ2) is 8.48. The number of ether oxygens (including phenoxy) is 1. The highest BCUT2D eigenvalue weighted by Gasteiger charge is 2.22. The van der Waals surface area contributed by atoms with Crippen LogP contribution in [0.3, 0.4) is 0 Å². The quantitative estimate of drug-likeness (QED) is 0.645. The van der Waals surface area contributed by atoms with Crippen molar-refractivity contribution in [2.75, 3.05) is 11.9 Å². The molecule has 0 unspecified atom stereocenters. The Morgan fingerprint density at radius 1 is 1.16 bits per heavy atom. The lowest BCUT2D eigenvalue weighted by molar-refractivity contribution is 0.102. The molecule has 1 heterocycles. The van der Waals surface area contributed by atoms with Crippen LogP contribution in [0, 0.1) is 27.7 Å². The van der Waals surface area contributed by atoms with Gasteiger partial charge in [0.2, 0.25) is 0 Å². The summed E-state index contributed by atoms with van der Waals surface area (Å²) in [5.74, 6) is 0.372. The van der Waals surface area contributed by atoms with E-state index in [-0.39, 0.29) is 5.91 Å². The molecule has 5 heteroatoms. The number of carbonyl (C=O) groups excluding carboxylic acids is 1. The number of hydrogen-bond acceptors (Lipinski definition) is 3. The van der Waals surface area contributed by atoms with E-state index in [1.165, 1.54) is 0 Å². The predicted octanol–water partition coefficient (Wildman–Crippen LogP) is 5.51. The van der Waals surface area contributed by atoms with Crippen LogP contribution in [0.1, 0.15) is 52.6 Å². The third-order valence-electron chi connectivity index (χ3n) is 4.13. The molecule has 134 valence electrons. The van der Waals surface area contributed by atoms with Gasteiger partial charge in [-0.1, -0.05) is 31.5 Å². The average Bonchev–Trinajstić information content (AvgIpc) is 2.55. The molecule has 1 N–H and O–H groups in total. The summed E-state index contributed by atoms with van der Waals surface area (Å²) in [4.78, 5) is 17.5. The van der Waals surface area contributed by atoms with Gasteiger partial charge in [0.15, 0.2) is 0 Å². The van der Waals surface area contributed by atoms with Crippen LogP contribution in [0.25, 0.3) is 0 Å². The Balaban J connectivity index is 2.42. The topological polar surface area (TPSA) is 51.2 Å². The van der Waals surface area contributed by atoms with E-state index in [1.54, 1.807) is 0 Å². The van der Waals surface area contributed by atoms with Crippen LogP contribution in [-0.2, 0) is 0 Å². The van der Waals surface area contributed by atoms with Gasteiger partial charge in [0.1, 0.15) is 11.3 Å². The number of carbonyl (C=O) groups is 1. The minimum atomic E-state index is -0.199. The van der Waals surface area contributed by atoms with Gasteiger partial charge in [-0.3, -0.25) is 9.78 Å². The van der Waals surface area contributed by atoms with E-state index in [9.17, 15) is 4.79 Å². The van der Waals surface area contributed by atoms with Crippen LogP contribution in [0.2, 0.25) is 0 Å². The first kappa shape index (κ1) is 19.4. The summed E-state index contributed by atoms with van der Waals surface area (Å²) >= 11 is 3.53. The molecule has 0 aliphatic carbocycles. The summed E-state index contributed by atoms with van der Waals surface area (Å²) < 4.78 is 6.68. The molecule has 0 bridgehead atoms. The van der Waals surface area contributed by atoms with Crippen molar-refractivity contribution in [3.8, 4) is 5.75 Å². The number of anilines is 1. The lowest BCUT2D eigenvalue weighted by atomic mass is 10.1. The van der Waals surface area contributed by atoms with Gasteiger partial charge < -0.3 is 10.1 Å². The molecule has 0 atom stereocenters. The van der Waals surface area contributed by atoms with Crippen molar-refractivity contribution in [3.63, 3.8) is 0 Å². The molecule has 2 rings (SSSR count). The molecule has 0 saturated carbocycles. The summed E-state index contributed by atoms with van der Waals surface area (Å²) in [6.45, 7) is 10.4. The Hall–Kier alpha value is -1.88. The second-order valence-corrected chi connectivity index (χ2v) is 7.02. The van der Waals surface area contributed by atoms with Crippen molar-refractivity contribution >= 4 is 27.5 Å². The third-order valence-corrected chi connectivity index (χ3v) is 5.07. The molecule has 0 aliphatic rings. The molecule has 0 saturated heterocycles.